The third-order valence-electron chi connectivity index (χ3n) is 5.19. The molecule has 0 aromatic heterocycles. The zero-order valence-electron chi connectivity index (χ0n) is 16.5. The Bertz CT molecular complexity index is 857. The molecule has 0 saturated carbocycles. The number of aliphatic hydroxyl groups excluding tert-OH is 1. The minimum atomic E-state index is -0.408. The van der Waals surface area contributed by atoms with Gasteiger partial charge in [-0.3, -0.25) is 0 Å². The molecule has 156 valence electrons. The van der Waals surface area contributed by atoms with E-state index in [9.17, 15) is 5.11 Å². The Balaban J connectivity index is 1.65. The SMILES string of the molecule is CCOc1ccc(Cc2cc(C3CC(O)CC(SC)O3)c3c(c2Cl)OCO3)cc1. The van der Waals surface area contributed by atoms with Gasteiger partial charge in [-0.05, 0) is 48.9 Å². The maximum Gasteiger partial charge on any atom is 0.231 e. The minimum absolute atomic E-state index is 0.0491. The molecule has 2 aliphatic rings. The summed E-state index contributed by atoms with van der Waals surface area (Å²) in [4.78, 5) is 0. The van der Waals surface area contributed by atoms with Gasteiger partial charge >= 0.3 is 0 Å². The Morgan fingerprint density at radius 3 is 2.66 bits per heavy atom. The molecule has 5 nitrogen and oxygen atoms in total. The highest BCUT2D eigenvalue weighted by molar-refractivity contribution is 7.99. The van der Waals surface area contributed by atoms with Gasteiger partial charge in [0.2, 0.25) is 6.79 Å². The van der Waals surface area contributed by atoms with Crippen LogP contribution in [0.5, 0.6) is 17.2 Å². The molecule has 1 N–H and O–H groups in total. The number of fused-ring (bicyclic) bond motifs is 1. The van der Waals surface area contributed by atoms with E-state index in [0.29, 0.717) is 42.4 Å². The van der Waals surface area contributed by atoms with Gasteiger partial charge in [-0.15, -0.1) is 11.8 Å². The second kappa shape index (κ2) is 9.04. The fourth-order valence-corrected chi connectivity index (χ4v) is 4.71. The molecule has 1 saturated heterocycles. The Kier molecular flexibility index (Phi) is 6.44. The summed E-state index contributed by atoms with van der Waals surface area (Å²) in [6.07, 6.45) is 3.12. The Labute approximate surface area is 180 Å². The van der Waals surface area contributed by atoms with E-state index in [-0.39, 0.29) is 18.3 Å². The van der Waals surface area contributed by atoms with Gasteiger partial charge in [0.15, 0.2) is 11.5 Å². The summed E-state index contributed by atoms with van der Waals surface area (Å²) >= 11 is 8.26. The average molecular weight is 437 g/mol. The lowest BCUT2D eigenvalue weighted by Gasteiger charge is -2.33. The van der Waals surface area contributed by atoms with Crippen molar-refractivity contribution in [1.29, 1.82) is 0 Å². The maximum absolute atomic E-state index is 10.3. The monoisotopic (exact) mass is 436 g/mol. The van der Waals surface area contributed by atoms with Crippen LogP contribution in [0.3, 0.4) is 0 Å². The normalized spacial score (nSPS) is 23.2. The molecule has 0 radical (unpaired) electrons. The molecule has 3 atom stereocenters. The molecule has 3 unspecified atom stereocenters. The minimum Gasteiger partial charge on any atom is -0.494 e. The van der Waals surface area contributed by atoms with Crippen molar-refractivity contribution in [2.45, 2.75) is 43.8 Å². The fraction of sp³-hybridized carbons (Fsp3) is 0.455. The van der Waals surface area contributed by atoms with Crippen LogP contribution in [-0.4, -0.2) is 36.3 Å². The standard InChI is InChI=1S/C22H25ClO5S/c1-3-25-16-6-4-13(5-7-16)8-14-9-17(21-22(20(14)23)27-12-26-21)18-10-15(24)11-19(28-18)29-2/h4-7,9,15,18-19,24H,3,8,10-12H2,1-2H3. The molecule has 2 aromatic carbocycles. The van der Waals surface area contributed by atoms with Crippen LogP contribution >= 0.6 is 23.4 Å². The van der Waals surface area contributed by atoms with Crippen LogP contribution in [0.15, 0.2) is 30.3 Å². The summed E-state index contributed by atoms with van der Waals surface area (Å²) in [6.45, 7) is 2.74. The van der Waals surface area contributed by atoms with Crippen molar-refractivity contribution in [1.82, 2.24) is 0 Å². The number of aliphatic hydroxyl groups is 1. The Morgan fingerprint density at radius 2 is 1.93 bits per heavy atom. The second-order valence-corrected chi connectivity index (χ2v) is 8.55. The van der Waals surface area contributed by atoms with Gasteiger partial charge in [0.05, 0.1) is 23.8 Å². The molecule has 0 aliphatic carbocycles. The smallest absolute Gasteiger partial charge is 0.231 e. The van der Waals surface area contributed by atoms with Crippen LogP contribution in [0.25, 0.3) is 0 Å². The summed E-state index contributed by atoms with van der Waals surface area (Å²) in [7, 11) is 0. The molecule has 0 spiro atoms. The van der Waals surface area contributed by atoms with Crippen molar-refractivity contribution in [3.63, 3.8) is 0 Å². The first-order valence-electron chi connectivity index (χ1n) is 9.78. The van der Waals surface area contributed by atoms with Crippen molar-refractivity contribution in [3.05, 3.63) is 52.0 Å². The first kappa shape index (κ1) is 20.7. The van der Waals surface area contributed by atoms with Crippen LogP contribution in [0.1, 0.15) is 42.6 Å². The molecule has 4 rings (SSSR count). The van der Waals surface area contributed by atoms with Crippen molar-refractivity contribution in [2.24, 2.45) is 0 Å². The molecule has 2 aromatic rings. The number of ether oxygens (including phenoxy) is 4. The highest BCUT2D eigenvalue weighted by atomic mass is 35.5. The number of benzene rings is 2. The number of hydrogen-bond acceptors (Lipinski definition) is 6. The lowest BCUT2D eigenvalue weighted by atomic mass is 9.94. The van der Waals surface area contributed by atoms with E-state index in [4.69, 9.17) is 30.5 Å². The van der Waals surface area contributed by atoms with E-state index >= 15 is 0 Å². The zero-order chi connectivity index (χ0) is 20.4. The predicted molar refractivity (Wildman–Crippen MR) is 114 cm³/mol. The van der Waals surface area contributed by atoms with Gasteiger partial charge in [0.25, 0.3) is 0 Å². The maximum atomic E-state index is 10.3. The topological polar surface area (TPSA) is 57.2 Å². The van der Waals surface area contributed by atoms with E-state index in [1.807, 2.05) is 43.5 Å². The Hall–Kier alpha value is -1.60. The second-order valence-electron chi connectivity index (χ2n) is 7.17. The molecule has 1 fully saturated rings. The summed E-state index contributed by atoms with van der Waals surface area (Å²) in [5.74, 6) is 2.04. The summed E-state index contributed by atoms with van der Waals surface area (Å²) in [5.41, 5.74) is 2.90. The number of halogens is 1. The van der Waals surface area contributed by atoms with Gasteiger partial charge in [-0.1, -0.05) is 23.7 Å². The molecular formula is C22H25ClO5S. The quantitative estimate of drug-likeness (QED) is 0.690. The molecule has 0 amide bonds. The zero-order valence-corrected chi connectivity index (χ0v) is 18.1. The van der Waals surface area contributed by atoms with Crippen molar-refractivity contribution < 1.29 is 24.1 Å². The van der Waals surface area contributed by atoms with Crippen LogP contribution in [-0.2, 0) is 11.2 Å². The lowest BCUT2D eigenvalue weighted by molar-refractivity contribution is -0.0612. The van der Waals surface area contributed by atoms with Gasteiger partial charge in [0, 0.05) is 18.4 Å². The first-order chi connectivity index (χ1) is 14.1. The third kappa shape index (κ3) is 4.45. The Morgan fingerprint density at radius 1 is 1.17 bits per heavy atom. The fourth-order valence-electron chi connectivity index (χ4n) is 3.79. The van der Waals surface area contributed by atoms with Crippen molar-refractivity contribution in [2.75, 3.05) is 19.7 Å². The largest absolute Gasteiger partial charge is 0.494 e. The van der Waals surface area contributed by atoms with E-state index in [1.165, 1.54) is 0 Å². The van der Waals surface area contributed by atoms with Gasteiger partial charge < -0.3 is 24.1 Å². The molecule has 2 aliphatic heterocycles. The number of rotatable bonds is 6. The van der Waals surface area contributed by atoms with Crippen LogP contribution < -0.4 is 14.2 Å². The first-order valence-corrected chi connectivity index (χ1v) is 11.4. The third-order valence-corrected chi connectivity index (χ3v) is 6.44. The number of thioether (sulfide) groups is 1. The molecule has 7 heteroatoms. The van der Waals surface area contributed by atoms with E-state index < -0.39 is 6.10 Å². The molecule has 2 heterocycles. The molecular weight excluding hydrogens is 412 g/mol. The van der Waals surface area contributed by atoms with Gasteiger partial charge in [0.1, 0.15) is 11.2 Å². The van der Waals surface area contributed by atoms with E-state index in [0.717, 1.165) is 22.4 Å². The lowest BCUT2D eigenvalue weighted by Crippen LogP contribution is -2.29. The predicted octanol–water partition coefficient (Wildman–Crippen LogP) is 4.96. The summed E-state index contributed by atoms with van der Waals surface area (Å²) < 4.78 is 23.1. The highest BCUT2D eigenvalue weighted by Crippen LogP contribution is 2.49. The van der Waals surface area contributed by atoms with Gasteiger partial charge in [-0.25, -0.2) is 0 Å². The van der Waals surface area contributed by atoms with Crippen LogP contribution in [0.2, 0.25) is 5.02 Å². The summed E-state index contributed by atoms with van der Waals surface area (Å²) in [5, 5.41) is 10.9. The van der Waals surface area contributed by atoms with E-state index in [2.05, 4.69) is 0 Å². The van der Waals surface area contributed by atoms with Crippen LogP contribution in [0.4, 0.5) is 0 Å². The average Bonchev–Trinajstić information content (AvgIpc) is 3.21. The molecule has 29 heavy (non-hydrogen) atoms. The van der Waals surface area contributed by atoms with E-state index in [1.54, 1.807) is 11.8 Å². The van der Waals surface area contributed by atoms with Crippen LogP contribution in [0, 0.1) is 0 Å². The van der Waals surface area contributed by atoms with Crippen molar-refractivity contribution in [3.8, 4) is 17.2 Å². The van der Waals surface area contributed by atoms with Gasteiger partial charge in [-0.2, -0.15) is 0 Å². The summed E-state index contributed by atoms with van der Waals surface area (Å²) in [6, 6.07) is 10.0. The van der Waals surface area contributed by atoms with Crippen molar-refractivity contribution >= 4 is 23.4 Å². The number of hydrogen-bond donors (Lipinski definition) is 1. The highest BCUT2D eigenvalue weighted by Gasteiger charge is 2.34. The molecule has 0 bridgehead atoms.